The zero-order chi connectivity index (χ0) is 20.1. The van der Waals surface area contributed by atoms with E-state index in [0.29, 0.717) is 22.2 Å². The van der Waals surface area contributed by atoms with Gasteiger partial charge in [0.2, 0.25) is 5.91 Å². The molecule has 0 radical (unpaired) electrons. The molecule has 0 aliphatic rings. The number of carbonyl (C=O) groups is 1. The number of anilines is 2. The van der Waals surface area contributed by atoms with Gasteiger partial charge in [-0.15, -0.1) is 0 Å². The van der Waals surface area contributed by atoms with E-state index in [1.807, 2.05) is 0 Å². The largest absolute Gasteiger partial charge is 0.454 e. The average Bonchev–Trinajstić information content (AvgIpc) is 2.65. The van der Waals surface area contributed by atoms with Crippen molar-refractivity contribution < 1.29 is 17.9 Å². The monoisotopic (exact) mass is 416 g/mol. The predicted molar refractivity (Wildman–Crippen MR) is 110 cm³/mol. The molecule has 144 valence electrons. The SMILES string of the molecule is CC(=O)Nc1ccc(S(=O)(=O)Nc2ccccc2Oc2ccccc2Cl)cc1. The van der Waals surface area contributed by atoms with E-state index in [2.05, 4.69) is 10.0 Å². The van der Waals surface area contributed by atoms with Crippen LogP contribution in [0, 0.1) is 0 Å². The van der Waals surface area contributed by atoms with Crippen LogP contribution in [0.3, 0.4) is 0 Å². The summed E-state index contributed by atoms with van der Waals surface area (Å²) in [5.41, 5.74) is 0.780. The Kier molecular flexibility index (Phi) is 5.87. The second-order valence-corrected chi connectivity index (χ2v) is 7.93. The third-order valence-corrected chi connectivity index (χ3v) is 5.37. The normalized spacial score (nSPS) is 10.9. The molecule has 0 saturated carbocycles. The Bertz CT molecular complexity index is 1100. The first-order valence-electron chi connectivity index (χ1n) is 8.27. The van der Waals surface area contributed by atoms with Crippen molar-refractivity contribution in [2.75, 3.05) is 10.0 Å². The van der Waals surface area contributed by atoms with Gasteiger partial charge < -0.3 is 10.1 Å². The Morgan fingerprint density at radius 3 is 2.14 bits per heavy atom. The smallest absolute Gasteiger partial charge is 0.262 e. The van der Waals surface area contributed by atoms with Crippen LogP contribution in [0.25, 0.3) is 0 Å². The summed E-state index contributed by atoms with van der Waals surface area (Å²) in [5.74, 6) is 0.490. The summed E-state index contributed by atoms with van der Waals surface area (Å²) in [6.45, 7) is 1.38. The molecule has 6 nitrogen and oxygen atoms in total. The second kappa shape index (κ2) is 8.33. The zero-order valence-corrected chi connectivity index (χ0v) is 16.4. The number of hydrogen-bond acceptors (Lipinski definition) is 4. The molecule has 0 bridgehead atoms. The van der Waals surface area contributed by atoms with E-state index in [4.69, 9.17) is 16.3 Å². The van der Waals surface area contributed by atoms with Crippen LogP contribution in [0.2, 0.25) is 5.02 Å². The third kappa shape index (κ3) is 4.82. The maximum absolute atomic E-state index is 12.7. The van der Waals surface area contributed by atoms with E-state index < -0.39 is 10.0 Å². The Morgan fingerprint density at radius 1 is 0.893 bits per heavy atom. The number of sulfonamides is 1. The van der Waals surface area contributed by atoms with Gasteiger partial charge in [-0.25, -0.2) is 8.42 Å². The molecule has 8 heteroatoms. The second-order valence-electron chi connectivity index (χ2n) is 5.84. The van der Waals surface area contributed by atoms with Crippen LogP contribution in [0.4, 0.5) is 11.4 Å². The fourth-order valence-corrected chi connectivity index (χ4v) is 3.65. The zero-order valence-electron chi connectivity index (χ0n) is 14.8. The predicted octanol–water partition coefficient (Wildman–Crippen LogP) is 4.89. The summed E-state index contributed by atoms with van der Waals surface area (Å²) in [6, 6.07) is 19.4. The van der Waals surface area contributed by atoms with Crippen LogP contribution in [0.5, 0.6) is 11.5 Å². The molecule has 0 unspecified atom stereocenters. The van der Waals surface area contributed by atoms with Gasteiger partial charge in [0.25, 0.3) is 10.0 Å². The van der Waals surface area contributed by atoms with Gasteiger partial charge in [0.15, 0.2) is 5.75 Å². The van der Waals surface area contributed by atoms with Crippen molar-refractivity contribution in [1.29, 1.82) is 0 Å². The lowest BCUT2D eigenvalue weighted by molar-refractivity contribution is -0.114. The van der Waals surface area contributed by atoms with Gasteiger partial charge in [-0.1, -0.05) is 35.9 Å². The molecule has 3 aromatic carbocycles. The number of para-hydroxylation sites is 3. The van der Waals surface area contributed by atoms with E-state index in [9.17, 15) is 13.2 Å². The summed E-state index contributed by atoms with van der Waals surface area (Å²) in [6.07, 6.45) is 0. The Hall–Kier alpha value is -3.03. The van der Waals surface area contributed by atoms with Gasteiger partial charge >= 0.3 is 0 Å². The van der Waals surface area contributed by atoms with Crippen LogP contribution >= 0.6 is 11.6 Å². The molecule has 3 aromatic rings. The lowest BCUT2D eigenvalue weighted by Gasteiger charge is -2.14. The number of rotatable bonds is 6. The topological polar surface area (TPSA) is 84.5 Å². The van der Waals surface area contributed by atoms with Crippen molar-refractivity contribution in [2.45, 2.75) is 11.8 Å². The molecule has 28 heavy (non-hydrogen) atoms. The highest BCUT2D eigenvalue weighted by molar-refractivity contribution is 7.92. The van der Waals surface area contributed by atoms with Crippen LogP contribution in [-0.4, -0.2) is 14.3 Å². The van der Waals surface area contributed by atoms with Crippen LogP contribution in [-0.2, 0) is 14.8 Å². The number of amides is 1. The average molecular weight is 417 g/mol. The fraction of sp³-hybridized carbons (Fsp3) is 0.0500. The summed E-state index contributed by atoms with van der Waals surface area (Å²) >= 11 is 6.11. The van der Waals surface area contributed by atoms with Gasteiger partial charge in [0.1, 0.15) is 5.75 Å². The molecule has 0 atom stereocenters. The number of nitrogens with one attached hydrogen (secondary N) is 2. The standard InChI is InChI=1S/C20H17ClN2O4S/c1-14(24)22-15-10-12-16(13-11-15)28(25,26)23-18-7-3-5-9-20(18)27-19-8-4-2-6-17(19)21/h2-13,23H,1H3,(H,22,24). The first-order valence-corrected chi connectivity index (χ1v) is 10.1. The minimum atomic E-state index is -3.86. The Balaban J connectivity index is 1.85. The van der Waals surface area contributed by atoms with E-state index in [0.717, 1.165) is 0 Å². The summed E-state index contributed by atoms with van der Waals surface area (Å²) in [5, 5.41) is 3.00. The number of benzene rings is 3. The molecule has 0 saturated heterocycles. The highest BCUT2D eigenvalue weighted by Crippen LogP contribution is 2.34. The maximum atomic E-state index is 12.7. The van der Waals surface area contributed by atoms with Crippen molar-refractivity contribution in [3.05, 3.63) is 77.8 Å². The van der Waals surface area contributed by atoms with Crippen molar-refractivity contribution >= 4 is 38.9 Å². The highest BCUT2D eigenvalue weighted by Gasteiger charge is 2.17. The molecular weight excluding hydrogens is 400 g/mol. The first-order chi connectivity index (χ1) is 13.3. The van der Waals surface area contributed by atoms with Crippen molar-refractivity contribution in [1.82, 2.24) is 0 Å². The van der Waals surface area contributed by atoms with Crippen molar-refractivity contribution in [3.8, 4) is 11.5 Å². The number of halogens is 1. The quantitative estimate of drug-likeness (QED) is 0.599. The van der Waals surface area contributed by atoms with Crippen LogP contribution in [0.15, 0.2) is 77.7 Å². The minimum absolute atomic E-state index is 0.0501. The molecule has 0 spiro atoms. The molecule has 0 aliphatic heterocycles. The van der Waals surface area contributed by atoms with E-state index >= 15 is 0 Å². The third-order valence-electron chi connectivity index (χ3n) is 3.67. The van der Waals surface area contributed by atoms with E-state index in [1.54, 1.807) is 48.5 Å². The van der Waals surface area contributed by atoms with E-state index in [1.165, 1.54) is 31.2 Å². The van der Waals surface area contributed by atoms with Crippen molar-refractivity contribution in [2.24, 2.45) is 0 Å². The van der Waals surface area contributed by atoms with Gasteiger partial charge in [0, 0.05) is 12.6 Å². The van der Waals surface area contributed by atoms with Gasteiger partial charge in [0.05, 0.1) is 15.6 Å². The number of carbonyl (C=O) groups excluding carboxylic acids is 1. The van der Waals surface area contributed by atoms with Gasteiger partial charge in [-0.3, -0.25) is 9.52 Å². The molecule has 3 rings (SSSR count). The van der Waals surface area contributed by atoms with Gasteiger partial charge in [-0.05, 0) is 48.5 Å². The molecule has 0 fully saturated rings. The number of hydrogen-bond donors (Lipinski definition) is 2. The van der Waals surface area contributed by atoms with E-state index in [-0.39, 0.29) is 16.5 Å². The Labute approximate surface area is 168 Å². The molecule has 0 aliphatic carbocycles. The summed E-state index contributed by atoms with van der Waals surface area (Å²) in [4.78, 5) is 11.1. The molecule has 0 aromatic heterocycles. The molecular formula is C20H17ClN2O4S. The fourth-order valence-electron chi connectivity index (χ4n) is 2.41. The number of ether oxygens (including phenoxy) is 1. The molecule has 0 heterocycles. The summed E-state index contributed by atoms with van der Waals surface area (Å²) < 4.78 is 33.8. The first kappa shape index (κ1) is 19.7. The van der Waals surface area contributed by atoms with Crippen LogP contribution < -0.4 is 14.8 Å². The maximum Gasteiger partial charge on any atom is 0.262 e. The summed E-state index contributed by atoms with van der Waals surface area (Å²) in [7, 11) is -3.86. The minimum Gasteiger partial charge on any atom is -0.454 e. The Morgan fingerprint density at radius 2 is 1.50 bits per heavy atom. The molecule has 2 N–H and O–H groups in total. The van der Waals surface area contributed by atoms with Gasteiger partial charge in [-0.2, -0.15) is 0 Å². The highest BCUT2D eigenvalue weighted by atomic mass is 35.5. The lowest BCUT2D eigenvalue weighted by Crippen LogP contribution is -2.14. The lowest BCUT2D eigenvalue weighted by atomic mass is 10.3. The van der Waals surface area contributed by atoms with Crippen molar-refractivity contribution in [3.63, 3.8) is 0 Å². The molecule has 1 amide bonds. The van der Waals surface area contributed by atoms with Crippen LogP contribution in [0.1, 0.15) is 6.92 Å².